The van der Waals surface area contributed by atoms with Crippen molar-refractivity contribution in [3.8, 4) is 0 Å². The molecule has 5 heteroatoms. The minimum atomic E-state index is 0.143. The number of hydrogen-bond acceptors (Lipinski definition) is 5. The van der Waals surface area contributed by atoms with Gasteiger partial charge in [-0.2, -0.15) is 0 Å². The van der Waals surface area contributed by atoms with Gasteiger partial charge in [0.25, 0.3) is 0 Å². The molecule has 1 aromatic heterocycles. The first-order valence-electron chi connectivity index (χ1n) is 4.17. The molecule has 2 rings (SSSR count). The maximum absolute atomic E-state index is 5.32. The topological polar surface area (TPSA) is 68.2 Å². The molecule has 2 N–H and O–H groups in total. The summed E-state index contributed by atoms with van der Waals surface area (Å²) < 4.78 is 5.12. The molecule has 1 aromatic rings. The Kier molecular flexibility index (Phi) is 1.64. The van der Waals surface area contributed by atoms with Crippen LogP contribution in [0.2, 0.25) is 0 Å². The lowest BCUT2D eigenvalue weighted by Crippen LogP contribution is -2.25. The van der Waals surface area contributed by atoms with Gasteiger partial charge in [0, 0.05) is 12.6 Å². The number of nitrogen functional groups attached to an aromatic ring is 1. The highest BCUT2D eigenvalue weighted by Gasteiger charge is 2.30. The van der Waals surface area contributed by atoms with Crippen LogP contribution in [0.15, 0.2) is 4.42 Å². The van der Waals surface area contributed by atoms with E-state index in [4.69, 9.17) is 10.2 Å². The lowest BCUT2D eigenvalue weighted by Gasteiger charge is -2.15. The molecule has 1 aliphatic rings. The molecule has 0 bridgehead atoms. The molecular formula is C7H12N4O. The summed E-state index contributed by atoms with van der Waals surface area (Å²) in [5.74, 6) is 0. The van der Waals surface area contributed by atoms with Gasteiger partial charge in [0.15, 0.2) is 0 Å². The van der Waals surface area contributed by atoms with Gasteiger partial charge in [0.05, 0.1) is 0 Å². The first-order chi connectivity index (χ1) is 5.81. The molecule has 5 nitrogen and oxygen atoms in total. The second-order valence-electron chi connectivity index (χ2n) is 2.94. The molecule has 0 saturated heterocycles. The minimum Gasteiger partial charge on any atom is -0.390 e. The lowest BCUT2D eigenvalue weighted by molar-refractivity contribution is 0.548. The molecule has 66 valence electrons. The Labute approximate surface area is 70.6 Å². The maximum atomic E-state index is 5.32. The van der Waals surface area contributed by atoms with Gasteiger partial charge in [0.1, 0.15) is 0 Å². The van der Waals surface area contributed by atoms with E-state index in [1.807, 2.05) is 0 Å². The molecule has 0 amide bonds. The van der Waals surface area contributed by atoms with E-state index < -0.39 is 0 Å². The third kappa shape index (κ3) is 1.22. The van der Waals surface area contributed by atoms with Crippen LogP contribution in [0.3, 0.4) is 0 Å². The van der Waals surface area contributed by atoms with Crippen molar-refractivity contribution in [2.24, 2.45) is 0 Å². The van der Waals surface area contributed by atoms with Gasteiger partial charge in [-0.15, -0.1) is 0 Å². The van der Waals surface area contributed by atoms with Gasteiger partial charge in [-0.1, -0.05) is 10.2 Å². The van der Waals surface area contributed by atoms with Crippen molar-refractivity contribution in [2.45, 2.75) is 25.8 Å². The summed E-state index contributed by atoms with van der Waals surface area (Å²) in [5, 5.41) is 7.45. The smallest absolute Gasteiger partial charge is 0.319 e. The van der Waals surface area contributed by atoms with E-state index in [1.165, 1.54) is 12.8 Å². The summed E-state index contributed by atoms with van der Waals surface area (Å²) in [6.45, 7) is 2.96. The molecule has 0 spiro atoms. The van der Waals surface area contributed by atoms with Gasteiger partial charge >= 0.3 is 12.0 Å². The first-order valence-corrected chi connectivity index (χ1v) is 4.17. The SMILES string of the molecule is CCN(c1nnc(N)o1)C1CC1. The fourth-order valence-corrected chi connectivity index (χ4v) is 1.28. The summed E-state index contributed by atoms with van der Waals surface area (Å²) in [5.41, 5.74) is 5.32. The van der Waals surface area contributed by atoms with Gasteiger partial charge in [-0.05, 0) is 19.8 Å². The normalized spacial score (nSPS) is 16.4. The average Bonchev–Trinajstić information content (AvgIpc) is 2.78. The standard InChI is InChI=1S/C7H12N4O/c1-2-11(5-3-4-5)7-10-9-6(8)12-7/h5H,2-4H2,1H3,(H2,8,9). The molecule has 0 aromatic carbocycles. The number of anilines is 2. The Balaban J connectivity index is 2.15. The summed E-state index contributed by atoms with van der Waals surface area (Å²) in [6.07, 6.45) is 2.44. The molecule has 1 fully saturated rings. The zero-order chi connectivity index (χ0) is 8.55. The summed E-state index contributed by atoms with van der Waals surface area (Å²) in [4.78, 5) is 2.09. The fourth-order valence-electron chi connectivity index (χ4n) is 1.28. The second kappa shape index (κ2) is 2.66. The van der Waals surface area contributed by atoms with Crippen LogP contribution in [-0.4, -0.2) is 22.8 Å². The molecule has 0 atom stereocenters. The molecule has 0 radical (unpaired) electrons. The van der Waals surface area contributed by atoms with E-state index in [2.05, 4.69) is 22.0 Å². The predicted molar refractivity (Wildman–Crippen MR) is 44.8 cm³/mol. The van der Waals surface area contributed by atoms with Gasteiger partial charge in [-0.25, -0.2) is 0 Å². The van der Waals surface area contributed by atoms with E-state index >= 15 is 0 Å². The number of hydrogen-bond donors (Lipinski definition) is 1. The maximum Gasteiger partial charge on any atom is 0.319 e. The monoisotopic (exact) mass is 168 g/mol. The van der Waals surface area contributed by atoms with Crippen LogP contribution < -0.4 is 10.6 Å². The minimum absolute atomic E-state index is 0.143. The van der Waals surface area contributed by atoms with E-state index in [0.717, 1.165) is 6.54 Å². The first kappa shape index (κ1) is 7.39. The molecule has 0 unspecified atom stereocenters. The Hall–Kier alpha value is -1.26. The van der Waals surface area contributed by atoms with E-state index in [0.29, 0.717) is 12.1 Å². The lowest BCUT2D eigenvalue weighted by atomic mass is 10.5. The molecule has 0 aliphatic heterocycles. The Bertz CT molecular complexity index is 268. The van der Waals surface area contributed by atoms with Gasteiger partial charge < -0.3 is 15.1 Å². The second-order valence-corrected chi connectivity index (χ2v) is 2.94. The Morgan fingerprint density at radius 3 is 2.75 bits per heavy atom. The van der Waals surface area contributed by atoms with Crippen LogP contribution in [-0.2, 0) is 0 Å². The van der Waals surface area contributed by atoms with Crippen LogP contribution in [0.1, 0.15) is 19.8 Å². The van der Waals surface area contributed by atoms with Crippen molar-refractivity contribution in [1.29, 1.82) is 0 Å². The predicted octanol–water partition coefficient (Wildman–Crippen LogP) is 0.640. The molecule has 1 heterocycles. The quantitative estimate of drug-likeness (QED) is 0.717. The van der Waals surface area contributed by atoms with Crippen molar-refractivity contribution in [1.82, 2.24) is 10.2 Å². The van der Waals surface area contributed by atoms with Gasteiger partial charge in [-0.3, -0.25) is 0 Å². The van der Waals surface area contributed by atoms with Crippen molar-refractivity contribution in [2.75, 3.05) is 17.2 Å². The van der Waals surface area contributed by atoms with Crippen molar-refractivity contribution >= 4 is 12.0 Å². The number of nitrogens with two attached hydrogens (primary N) is 1. The highest BCUT2D eigenvalue weighted by molar-refractivity contribution is 5.31. The number of nitrogens with zero attached hydrogens (tertiary/aromatic N) is 3. The zero-order valence-electron chi connectivity index (χ0n) is 7.03. The number of rotatable bonds is 3. The van der Waals surface area contributed by atoms with E-state index in [9.17, 15) is 0 Å². The third-order valence-electron chi connectivity index (χ3n) is 2.00. The van der Waals surface area contributed by atoms with E-state index in [1.54, 1.807) is 0 Å². The third-order valence-corrected chi connectivity index (χ3v) is 2.00. The highest BCUT2D eigenvalue weighted by Crippen LogP contribution is 2.30. The van der Waals surface area contributed by atoms with Crippen LogP contribution in [0.25, 0.3) is 0 Å². The fraction of sp³-hybridized carbons (Fsp3) is 0.714. The van der Waals surface area contributed by atoms with Crippen molar-refractivity contribution in [3.05, 3.63) is 0 Å². The van der Waals surface area contributed by atoms with Crippen molar-refractivity contribution in [3.63, 3.8) is 0 Å². The van der Waals surface area contributed by atoms with Gasteiger partial charge in [0.2, 0.25) is 0 Å². The molecular weight excluding hydrogens is 156 g/mol. The van der Waals surface area contributed by atoms with E-state index in [-0.39, 0.29) is 6.01 Å². The summed E-state index contributed by atoms with van der Waals surface area (Å²) >= 11 is 0. The molecule has 12 heavy (non-hydrogen) atoms. The number of aromatic nitrogens is 2. The average molecular weight is 168 g/mol. The molecule has 1 aliphatic carbocycles. The Morgan fingerprint density at radius 1 is 1.58 bits per heavy atom. The highest BCUT2D eigenvalue weighted by atomic mass is 16.4. The van der Waals surface area contributed by atoms with Crippen molar-refractivity contribution < 1.29 is 4.42 Å². The van der Waals surface area contributed by atoms with Crippen LogP contribution >= 0.6 is 0 Å². The van der Waals surface area contributed by atoms with Crippen LogP contribution in [0.5, 0.6) is 0 Å². The summed E-state index contributed by atoms with van der Waals surface area (Å²) in [7, 11) is 0. The van der Waals surface area contributed by atoms with Crippen LogP contribution in [0.4, 0.5) is 12.0 Å². The van der Waals surface area contributed by atoms with Crippen LogP contribution in [0, 0.1) is 0 Å². The largest absolute Gasteiger partial charge is 0.390 e. The Morgan fingerprint density at radius 2 is 2.33 bits per heavy atom. The zero-order valence-corrected chi connectivity index (χ0v) is 7.03. The molecule has 1 saturated carbocycles. The summed E-state index contributed by atoms with van der Waals surface area (Å²) in [6, 6.07) is 1.29.